The maximum absolute atomic E-state index is 11.3. The largest absolute Gasteiger partial charge is 0.467 e. The molecular formula is C10H16O4. The van der Waals surface area contributed by atoms with Crippen LogP contribution in [0.4, 0.5) is 0 Å². The van der Waals surface area contributed by atoms with Crippen LogP contribution < -0.4 is 0 Å². The zero-order valence-electron chi connectivity index (χ0n) is 8.58. The van der Waals surface area contributed by atoms with Gasteiger partial charge in [0.15, 0.2) is 6.10 Å². The van der Waals surface area contributed by atoms with Gasteiger partial charge in [0.1, 0.15) is 0 Å². The molecule has 4 heteroatoms. The Bertz CT molecular complexity index is 253. The lowest BCUT2D eigenvalue weighted by atomic mass is 9.69. The number of aliphatic hydroxyl groups excluding tert-OH is 1. The van der Waals surface area contributed by atoms with Gasteiger partial charge in [0.05, 0.1) is 20.3 Å². The monoisotopic (exact) mass is 200 g/mol. The molecule has 1 saturated heterocycles. The molecule has 1 unspecified atom stereocenters. The molecule has 0 aromatic rings. The molecule has 1 aliphatic heterocycles. The van der Waals surface area contributed by atoms with Crippen LogP contribution in [0, 0.1) is 10.8 Å². The fourth-order valence-electron chi connectivity index (χ4n) is 2.37. The van der Waals surface area contributed by atoms with Crippen molar-refractivity contribution in [2.45, 2.75) is 25.9 Å². The molecule has 0 spiro atoms. The van der Waals surface area contributed by atoms with E-state index in [0.717, 1.165) is 12.8 Å². The summed E-state index contributed by atoms with van der Waals surface area (Å²) in [7, 11) is 1.31. The van der Waals surface area contributed by atoms with Crippen LogP contribution in [-0.4, -0.2) is 37.5 Å². The SMILES string of the molecule is COC(=O)C(O)C1(C2(C)COC2)CC1. The predicted octanol–water partition coefficient (Wildman–Crippen LogP) is 0.337. The summed E-state index contributed by atoms with van der Waals surface area (Å²) in [5.41, 5.74) is -0.320. The molecule has 1 N–H and O–H groups in total. The number of hydrogen-bond acceptors (Lipinski definition) is 4. The highest BCUT2D eigenvalue weighted by atomic mass is 16.5. The number of methoxy groups -OCH3 is 1. The van der Waals surface area contributed by atoms with Crippen molar-refractivity contribution in [2.24, 2.45) is 10.8 Å². The number of esters is 1. The van der Waals surface area contributed by atoms with Gasteiger partial charge in [-0.3, -0.25) is 0 Å². The van der Waals surface area contributed by atoms with Crippen molar-refractivity contribution in [2.75, 3.05) is 20.3 Å². The van der Waals surface area contributed by atoms with Crippen molar-refractivity contribution in [3.8, 4) is 0 Å². The average molecular weight is 200 g/mol. The minimum Gasteiger partial charge on any atom is -0.467 e. The Balaban J connectivity index is 2.12. The van der Waals surface area contributed by atoms with Gasteiger partial charge in [-0.15, -0.1) is 0 Å². The lowest BCUT2D eigenvalue weighted by molar-refractivity contribution is -0.186. The summed E-state index contributed by atoms with van der Waals surface area (Å²) in [6.45, 7) is 3.35. The summed E-state index contributed by atoms with van der Waals surface area (Å²) >= 11 is 0. The third-order valence-electron chi connectivity index (χ3n) is 3.78. The van der Waals surface area contributed by atoms with E-state index in [1.54, 1.807) is 0 Å². The Morgan fingerprint density at radius 2 is 2.07 bits per heavy atom. The Kier molecular flexibility index (Phi) is 2.08. The van der Waals surface area contributed by atoms with Gasteiger partial charge in [-0.05, 0) is 12.8 Å². The standard InChI is InChI=1S/C10H16O4/c1-9(5-14-6-9)10(3-4-10)7(11)8(12)13-2/h7,11H,3-6H2,1-2H3. The summed E-state index contributed by atoms with van der Waals surface area (Å²) < 4.78 is 9.74. The van der Waals surface area contributed by atoms with E-state index in [9.17, 15) is 9.90 Å². The van der Waals surface area contributed by atoms with E-state index in [2.05, 4.69) is 11.7 Å². The maximum Gasteiger partial charge on any atom is 0.335 e. The summed E-state index contributed by atoms with van der Waals surface area (Å²) in [6, 6.07) is 0. The summed E-state index contributed by atoms with van der Waals surface area (Å²) in [5, 5.41) is 9.88. The van der Waals surface area contributed by atoms with Crippen molar-refractivity contribution < 1.29 is 19.4 Å². The van der Waals surface area contributed by atoms with Gasteiger partial charge in [0.2, 0.25) is 0 Å². The van der Waals surface area contributed by atoms with Crippen LogP contribution >= 0.6 is 0 Å². The van der Waals surface area contributed by atoms with E-state index >= 15 is 0 Å². The molecule has 14 heavy (non-hydrogen) atoms. The zero-order chi connectivity index (χ0) is 10.4. The molecule has 1 saturated carbocycles. The Labute approximate surface area is 83.2 Å². The van der Waals surface area contributed by atoms with Crippen molar-refractivity contribution in [3.05, 3.63) is 0 Å². The minimum atomic E-state index is -0.985. The molecule has 2 rings (SSSR count). The zero-order valence-corrected chi connectivity index (χ0v) is 8.58. The molecule has 80 valence electrons. The minimum absolute atomic E-state index is 0.0411. The second-order valence-corrected chi connectivity index (χ2v) is 4.64. The highest BCUT2D eigenvalue weighted by Gasteiger charge is 2.65. The second-order valence-electron chi connectivity index (χ2n) is 4.64. The Morgan fingerprint density at radius 3 is 2.36 bits per heavy atom. The van der Waals surface area contributed by atoms with Gasteiger partial charge in [-0.25, -0.2) is 4.79 Å². The van der Waals surface area contributed by atoms with Crippen LogP contribution in [0.3, 0.4) is 0 Å². The molecule has 1 atom stereocenters. The van der Waals surface area contributed by atoms with Crippen LogP contribution in [-0.2, 0) is 14.3 Å². The fourth-order valence-corrected chi connectivity index (χ4v) is 2.37. The Hall–Kier alpha value is -0.610. The molecule has 2 fully saturated rings. The van der Waals surface area contributed by atoms with Crippen molar-refractivity contribution in [3.63, 3.8) is 0 Å². The van der Waals surface area contributed by atoms with Crippen molar-refractivity contribution in [1.29, 1.82) is 0 Å². The van der Waals surface area contributed by atoms with Gasteiger partial charge in [0.25, 0.3) is 0 Å². The van der Waals surface area contributed by atoms with Crippen LogP contribution in [0.1, 0.15) is 19.8 Å². The normalized spacial score (nSPS) is 28.8. The number of carbonyl (C=O) groups is 1. The average Bonchev–Trinajstić information content (AvgIpc) is 2.92. The molecule has 0 bridgehead atoms. The topological polar surface area (TPSA) is 55.8 Å². The first kappa shape index (κ1) is 9.93. The molecule has 4 nitrogen and oxygen atoms in total. The van der Waals surface area contributed by atoms with Gasteiger partial charge >= 0.3 is 5.97 Å². The number of carbonyl (C=O) groups excluding carboxylic acids is 1. The number of hydrogen-bond donors (Lipinski definition) is 1. The number of ether oxygens (including phenoxy) is 2. The summed E-state index contributed by atoms with van der Waals surface area (Å²) in [4.78, 5) is 11.3. The van der Waals surface area contributed by atoms with E-state index in [0.29, 0.717) is 13.2 Å². The maximum atomic E-state index is 11.3. The van der Waals surface area contributed by atoms with Crippen LogP contribution in [0.2, 0.25) is 0 Å². The third kappa shape index (κ3) is 1.10. The van der Waals surface area contributed by atoms with E-state index in [1.807, 2.05) is 0 Å². The lowest BCUT2D eigenvalue weighted by Gasteiger charge is -2.46. The first-order chi connectivity index (χ1) is 6.56. The quantitative estimate of drug-likeness (QED) is 0.667. The predicted molar refractivity (Wildman–Crippen MR) is 48.6 cm³/mol. The van der Waals surface area contributed by atoms with Crippen LogP contribution in [0.5, 0.6) is 0 Å². The van der Waals surface area contributed by atoms with Crippen LogP contribution in [0.25, 0.3) is 0 Å². The van der Waals surface area contributed by atoms with Gasteiger partial charge in [-0.2, -0.15) is 0 Å². The molecular weight excluding hydrogens is 184 g/mol. The van der Waals surface area contributed by atoms with E-state index < -0.39 is 12.1 Å². The molecule has 1 aliphatic carbocycles. The molecule has 0 amide bonds. The van der Waals surface area contributed by atoms with Gasteiger partial charge in [0, 0.05) is 10.8 Å². The van der Waals surface area contributed by atoms with Crippen molar-refractivity contribution in [1.82, 2.24) is 0 Å². The Morgan fingerprint density at radius 1 is 1.50 bits per heavy atom. The lowest BCUT2D eigenvalue weighted by Crippen LogP contribution is -2.53. The summed E-state index contributed by atoms with van der Waals surface area (Å²) in [6.07, 6.45) is 0.799. The van der Waals surface area contributed by atoms with E-state index in [1.165, 1.54) is 7.11 Å². The highest BCUT2D eigenvalue weighted by molar-refractivity contribution is 5.76. The second kappa shape index (κ2) is 2.94. The van der Waals surface area contributed by atoms with Gasteiger partial charge in [-0.1, -0.05) is 6.92 Å². The van der Waals surface area contributed by atoms with Crippen molar-refractivity contribution >= 4 is 5.97 Å². The number of aliphatic hydroxyl groups is 1. The van der Waals surface area contributed by atoms with E-state index in [-0.39, 0.29) is 10.8 Å². The molecule has 1 heterocycles. The highest BCUT2D eigenvalue weighted by Crippen LogP contribution is 2.63. The molecule has 0 radical (unpaired) electrons. The van der Waals surface area contributed by atoms with Crippen LogP contribution in [0.15, 0.2) is 0 Å². The smallest absolute Gasteiger partial charge is 0.335 e. The molecule has 2 aliphatic rings. The fraction of sp³-hybridized carbons (Fsp3) is 0.900. The van der Waals surface area contributed by atoms with Gasteiger partial charge < -0.3 is 14.6 Å². The number of rotatable bonds is 3. The molecule has 0 aromatic heterocycles. The van der Waals surface area contributed by atoms with E-state index in [4.69, 9.17) is 4.74 Å². The summed E-state index contributed by atoms with van der Waals surface area (Å²) in [5.74, 6) is -0.518. The molecule has 0 aromatic carbocycles. The first-order valence-electron chi connectivity index (χ1n) is 4.89. The first-order valence-corrected chi connectivity index (χ1v) is 4.89. The third-order valence-corrected chi connectivity index (χ3v) is 3.78.